The fraction of sp³-hybridized carbons (Fsp3) is 0.227. The third kappa shape index (κ3) is 3.89. The molecule has 31 heavy (non-hydrogen) atoms. The van der Waals surface area contributed by atoms with Crippen LogP contribution in [-0.2, 0) is 0 Å². The third-order valence-electron chi connectivity index (χ3n) is 5.32. The van der Waals surface area contributed by atoms with Crippen LogP contribution in [0.1, 0.15) is 29.2 Å². The number of carbonyl (C=O) groups excluding carboxylic acids is 1. The van der Waals surface area contributed by atoms with Gasteiger partial charge in [-0.05, 0) is 31.0 Å². The molecule has 9 nitrogen and oxygen atoms in total. The van der Waals surface area contributed by atoms with E-state index in [0.717, 1.165) is 19.4 Å². The maximum Gasteiger partial charge on any atom is 0.326 e. The Bertz CT molecular complexity index is 1230. The summed E-state index contributed by atoms with van der Waals surface area (Å²) >= 11 is 0. The van der Waals surface area contributed by atoms with Gasteiger partial charge in [0.25, 0.3) is 5.91 Å². The number of carbonyl (C=O) groups is 1. The number of hydrogen-bond donors (Lipinski definition) is 1. The molecule has 0 spiro atoms. The van der Waals surface area contributed by atoms with Gasteiger partial charge in [-0.3, -0.25) is 14.5 Å². The fourth-order valence-electron chi connectivity index (χ4n) is 3.79. The second-order valence-electron chi connectivity index (χ2n) is 7.39. The Morgan fingerprint density at radius 1 is 1.13 bits per heavy atom. The Hall–Kier alpha value is -4.01. The molecule has 0 radical (unpaired) electrons. The Morgan fingerprint density at radius 3 is 2.87 bits per heavy atom. The topological polar surface area (TPSA) is 106 Å². The Labute approximate surface area is 178 Å². The molecule has 5 rings (SSSR count). The first kappa shape index (κ1) is 19.0. The van der Waals surface area contributed by atoms with Gasteiger partial charge in [0.15, 0.2) is 5.75 Å². The van der Waals surface area contributed by atoms with Crippen LogP contribution in [0.15, 0.2) is 61.2 Å². The number of aromatic hydroxyl groups is 1. The van der Waals surface area contributed by atoms with E-state index in [9.17, 15) is 9.90 Å². The first-order valence-electron chi connectivity index (χ1n) is 10.0. The molecule has 1 fully saturated rings. The number of pyridine rings is 1. The van der Waals surface area contributed by atoms with Crippen molar-refractivity contribution < 1.29 is 14.6 Å². The predicted molar refractivity (Wildman–Crippen MR) is 112 cm³/mol. The molecule has 1 aliphatic rings. The maximum absolute atomic E-state index is 12.8. The summed E-state index contributed by atoms with van der Waals surface area (Å²) in [5.41, 5.74) is 1.18. The van der Waals surface area contributed by atoms with E-state index in [4.69, 9.17) is 4.74 Å². The van der Waals surface area contributed by atoms with Crippen molar-refractivity contribution in [3.05, 3.63) is 66.7 Å². The molecule has 9 heteroatoms. The van der Waals surface area contributed by atoms with Crippen molar-refractivity contribution in [2.45, 2.75) is 18.9 Å². The lowest BCUT2D eigenvalue weighted by Crippen LogP contribution is -2.40. The molecule has 0 aliphatic carbocycles. The maximum atomic E-state index is 12.8. The van der Waals surface area contributed by atoms with Crippen molar-refractivity contribution in [1.82, 2.24) is 29.6 Å². The SMILES string of the molecule is O=C(c1ccccc1)N1CCC[C@H](n2cc(Oc3nc(O)c4ccncc4n3)cn2)C1. The molecule has 156 valence electrons. The number of nitrogens with zero attached hydrogens (tertiary/aromatic N) is 6. The molecule has 3 aromatic heterocycles. The molecule has 0 bridgehead atoms. The summed E-state index contributed by atoms with van der Waals surface area (Å²) < 4.78 is 7.52. The van der Waals surface area contributed by atoms with Gasteiger partial charge < -0.3 is 14.7 Å². The summed E-state index contributed by atoms with van der Waals surface area (Å²) in [6.07, 6.45) is 8.24. The molecule has 4 heterocycles. The van der Waals surface area contributed by atoms with Crippen LogP contribution in [0.3, 0.4) is 0 Å². The number of hydrogen-bond acceptors (Lipinski definition) is 7. The molecule has 1 atom stereocenters. The van der Waals surface area contributed by atoms with E-state index < -0.39 is 0 Å². The molecule has 0 unspecified atom stereocenters. The zero-order valence-electron chi connectivity index (χ0n) is 16.6. The smallest absolute Gasteiger partial charge is 0.326 e. The van der Waals surface area contributed by atoms with E-state index in [-0.39, 0.29) is 23.8 Å². The molecule has 1 aromatic carbocycles. The van der Waals surface area contributed by atoms with Crippen molar-refractivity contribution in [1.29, 1.82) is 0 Å². The van der Waals surface area contributed by atoms with E-state index in [1.54, 1.807) is 24.7 Å². The number of likely N-dealkylation sites (tertiary alicyclic amines) is 1. The Kier molecular flexibility index (Phi) is 4.91. The lowest BCUT2D eigenvalue weighted by atomic mass is 10.0. The molecular weight excluding hydrogens is 396 g/mol. The van der Waals surface area contributed by atoms with Crippen LogP contribution in [0, 0.1) is 0 Å². The van der Waals surface area contributed by atoms with Gasteiger partial charge in [-0.1, -0.05) is 18.2 Å². The summed E-state index contributed by atoms with van der Waals surface area (Å²) in [4.78, 5) is 26.9. The quantitative estimate of drug-likeness (QED) is 0.544. The molecule has 1 aliphatic heterocycles. The number of rotatable bonds is 4. The number of benzene rings is 1. The van der Waals surface area contributed by atoms with Crippen LogP contribution >= 0.6 is 0 Å². The number of amides is 1. The fourth-order valence-corrected chi connectivity index (χ4v) is 3.79. The standard InChI is InChI=1S/C22H20N6O3/c29-20-18-8-9-23-12-19(18)25-22(26-20)31-17-11-24-28(14-17)16-7-4-10-27(13-16)21(30)15-5-2-1-3-6-15/h1-3,5-6,8-9,11-12,14,16H,4,7,10,13H2,(H,25,26,29)/t16-/m0/s1. The van der Waals surface area contributed by atoms with E-state index in [2.05, 4.69) is 20.1 Å². The summed E-state index contributed by atoms with van der Waals surface area (Å²) in [7, 11) is 0. The number of fused-ring (bicyclic) bond motifs is 1. The van der Waals surface area contributed by atoms with E-state index in [1.807, 2.05) is 39.9 Å². The summed E-state index contributed by atoms with van der Waals surface area (Å²) in [5.74, 6) is 0.314. The summed E-state index contributed by atoms with van der Waals surface area (Å²) in [6, 6.07) is 11.0. The third-order valence-corrected chi connectivity index (χ3v) is 5.32. The van der Waals surface area contributed by atoms with Crippen LogP contribution in [0.25, 0.3) is 10.9 Å². The normalized spacial score (nSPS) is 16.4. The van der Waals surface area contributed by atoms with Gasteiger partial charge in [0.1, 0.15) is 0 Å². The van der Waals surface area contributed by atoms with Crippen LogP contribution in [0.4, 0.5) is 0 Å². The van der Waals surface area contributed by atoms with Crippen molar-refractivity contribution in [3.63, 3.8) is 0 Å². The minimum absolute atomic E-state index is 0.0158. The van der Waals surface area contributed by atoms with Crippen LogP contribution in [0.2, 0.25) is 0 Å². The first-order chi connectivity index (χ1) is 15.2. The lowest BCUT2D eigenvalue weighted by Gasteiger charge is -2.32. The van der Waals surface area contributed by atoms with Crippen molar-refractivity contribution in [2.24, 2.45) is 0 Å². The number of piperidine rings is 1. The molecule has 0 saturated carbocycles. The highest BCUT2D eigenvalue weighted by molar-refractivity contribution is 5.94. The molecule has 1 N–H and O–H groups in total. The Morgan fingerprint density at radius 2 is 2.00 bits per heavy atom. The average Bonchev–Trinajstić information content (AvgIpc) is 3.28. The number of aromatic nitrogens is 5. The molecular formula is C22H20N6O3. The zero-order valence-corrected chi connectivity index (χ0v) is 16.6. The lowest BCUT2D eigenvalue weighted by molar-refractivity contribution is 0.0673. The van der Waals surface area contributed by atoms with E-state index in [0.29, 0.717) is 28.8 Å². The molecule has 4 aromatic rings. The minimum Gasteiger partial charge on any atom is -0.493 e. The molecule has 1 saturated heterocycles. The van der Waals surface area contributed by atoms with Gasteiger partial charge in [0.05, 0.1) is 35.5 Å². The first-order valence-corrected chi connectivity index (χ1v) is 10.0. The highest BCUT2D eigenvalue weighted by Gasteiger charge is 2.26. The predicted octanol–water partition coefficient (Wildman–Crippen LogP) is 3.20. The van der Waals surface area contributed by atoms with Crippen LogP contribution in [-0.4, -0.2) is 53.7 Å². The van der Waals surface area contributed by atoms with E-state index in [1.165, 1.54) is 6.20 Å². The van der Waals surface area contributed by atoms with Crippen LogP contribution < -0.4 is 4.74 Å². The van der Waals surface area contributed by atoms with Gasteiger partial charge in [0.2, 0.25) is 5.88 Å². The molecule has 1 amide bonds. The van der Waals surface area contributed by atoms with Crippen LogP contribution in [0.5, 0.6) is 17.6 Å². The van der Waals surface area contributed by atoms with Gasteiger partial charge in [-0.25, -0.2) is 0 Å². The highest BCUT2D eigenvalue weighted by Crippen LogP contribution is 2.28. The van der Waals surface area contributed by atoms with Gasteiger partial charge in [-0.15, -0.1) is 0 Å². The largest absolute Gasteiger partial charge is 0.493 e. The highest BCUT2D eigenvalue weighted by atomic mass is 16.5. The van der Waals surface area contributed by atoms with Gasteiger partial charge >= 0.3 is 6.01 Å². The number of ether oxygens (including phenoxy) is 1. The van der Waals surface area contributed by atoms with Gasteiger partial charge in [0, 0.05) is 24.8 Å². The van der Waals surface area contributed by atoms with Gasteiger partial charge in [-0.2, -0.15) is 15.1 Å². The zero-order chi connectivity index (χ0) is 21.2. The van der Waals surface area contributed by atoms with Crippen molar-refractivity contribution >= 4 is 16.8 Å². The van der Waals surface area contributed by atoms with Crippen molar-refractivity contribution in [3.8, 4) is 17.6 Å². The summed E-state index contributed by atoms with van der Waals surface area (Å²) in [6.45, 7) is 1.31. The Balaban J connectivity index is 1.31. The second kappa shape index (κ2) is 8.02. The monoisotopic (exact) mass is 416 g/mol. The second-order valence-corrected chi connectivity index (χ2v) is 7.39. The minimum atomic E-state index is -0.169. The summed E-state index contributed by atoms with van der Waals surface area (Å²) in [5, 5.41) is 15.0. The van der Waals surface area contributed by atoms with E-state index >= 15 is 0 Å². The average molecular weight is 416 g/mol. The van der Waals surface area contributed by atoms with Crippen molar-refractivity contribution in [2.75, 3.05) is 13.1 Å².